The topological polar surface area (TPSA) is 61.8 Å². The van der Waals surface area contributed by atoms with Crippen molar-refractivity contribution in [2.45, 2.75) is 44.4 Å². The quantitative estimate of drug-likeness (QED) is 0.0905. The van der Waals surface area contributed by atoms with E-state index in [2.05, 4.69) is 51.6 Å². The molecular formula is C37H38O5Si. The first-order valence-corrected chi connectivity index (χ1v) is 16.5. The van der Waals surface area contributed by atoms with Crippen LogP contribution in [0.5, 0.6) is 0 Å². The van der Waals surface area contributed by atoms with Crippen LogP contribution in [-0.2, 0) is 18.7 Å². The van der Waals surface area contributed by atoms with Crippen LogP contribution >= 0.6 is 0 Å². The lowest BCUT2D eigenvalue weighted by atomic mass is 10.0. The van der Waals surface area contributed by atoms with Crippen molar-refractivity contribution < 1.29 is 23.5 Å². The number of carbonyl (C=O) groups is 2. The normalized spacial score (nSPS) is 18.7. The van der Waals surface area contributed by atoms with E-state index in [0.717, 1.165) is 21.5 Å². The second kappa shape index (κ2) is 12.9. The summed E-state index contributed by atoms with van der Waals surface area (Å²) in [4.78, 5) is 24.7. The number of carbonyl (C=O) groups excluding carboxylic acids is 2. The first-order chi connectivity index (χ1) is 20.7. The predicted molar refractivity (Wildman–Crippen MR) is 173 cm³/mol. The minimum atomic E-state index is -2.85. The molecular weight excluding hydrogens is 552 g/mol. The summed E-state index contributed by atoms with van der Waals surface area (Å²) in [5.74, 6) is -0.779. The highest BCUT2D eigenvalue weighted by molar-refractivity contribution is 6.99. The Kier molecular flexibility index (Phi) is 9.09. The molecule has 0 bridgehead atoms. The molecule has 1 aliphatic carbocycles. The maximum atomic E-state index is 13.4. The molecule has 5 nitrogen and oxygen atoms in total. The lowest BCUT2D eigenvalue weighted by molar-refractivity contribution is -0.132. The van der Waals surface area contributed by atoms with Gasteiger partial charge in [-0.3, -0.25) is 4.79 Å². The summed E-state index contributed by atoms with van der Waals surface area (Å²) in [5.41, 5.74) is 3.24. The second-order valence-corrected chi connectivity index (χ2v) is 16.3. The van der Waals surface area contributed by atoms with Crippen molar-refractivity contribution in [2.24, 2.45) is 5.92 Å². The Balaban J connectivity index is 1.42. The highest BCUT2D eigenvalue weighted by Gasteiger charge is 2.52. The van der Waals surface area contributed by atoms with Gasteiger partial charge in [-0.15, -0.1) is 0 Å². The molecule has 0 spiro atoms. The third-order valence-electron chi connectivity index (χ3n) is 8.39. The summed E-state index contributed by atoms with van der Waals surface area (Å²) in [6.07, 6.45) is -0.777. The van der Waals surface area contributed by atoms with E-state index in [9.17, 15) is 9.59 Å². The standard InChI is InChI=1S/C37H38O5Si/c1-27-33(25-41-43(37(2,3)4,31-16-10-6-11-17-31)32-18-12-7-13-19-32)35(24-34(27)40-26-38)42-36(39)30-22-20-29(21-23-30)28-14-8-5-9-15-28/h5-23,26,33-35H,1,24-25H2,2-4H3/t33-,34+,35-/m0/s1. The van der Waals surface area contributed by atoms with Crippen LogP contribution in [-0.4, -0.2) is 39.6 Å². The molecule has 1 saturated carbocycles. The zero-order valence-corrected chi connectivity index (χ0v) is 25.9. The molecule has 4 aromatic carbocycles. The molecule has 0 aliphatic heterocycles. The van der Waals surface area contributed by atoms with Gasteiger partial charge in [0.15, 0.2) is 0 Å². The third-order valence-corrected chi connectivity index (χ3v) is 13.4. The van der Waals surface area contributed by atoms with Gasteiger partial charge in [0.05, 0.1) is 5.56 Å². The number of hydrogen-bond donors (Lipinski definition) is 0. The Labute approximate surface area is 255 Å². The van der Waals surface area contributed by atoms with E-state index in [1.54, 1.807) is 12.1 Å². The average Bonchev–Trinajstić information content (AvgIpc) is 3.31. The van der Waals surface area contributed by atoms with Gasteiger partial charge in [0.2, 0.25) is 0 Å². The van der Waals surface area contributed by atoms with Crippen molar-refractivity contribution in [3.63, 3.8) is 0 Å². The van der Waals surface area contributed by atoms with E-state index in [0.29, 0.717) is 24.0 Å². The van der Waals surface area contributed by atoms with Crippen molar-refractivity contribution in [3.05, 3.63) is 133 Å². The summed E-state index contributed by atoms with van der Waals surface area (Å²) in [7, 11) is -2.85. The fourth-order valence-corrected chi connectivity index (χ4v) is 10.8. The predicted octanol–water partition coefficient (Wildman–Crippen LogP) is 6.57. The number of ether oxygens (including phenoxy) is 2. The molecule has 5 rings (SSSR count). The molecule has 1 fully saturated rings. The Morgan fingerprint density at radius 2 is 1.33 bits per heavy atom. The van der Waals surface area contributed by atoms with Crippen LogP contribution in [0.2, 0.25) is 5.04 Å². The molecule has 0 N–H and O–H groups in total. The Bertz CT molecular complexity index is 1490. The molecule has 6 heteroatoms. The molecule has 0 unspecified atom stereocenters. The SMILES string of the molecule is C=C1[C@H](OC=O)C[C@H](OC(=O)c2ccc(-c3ccccc3)cc2)[C@H]1CO[Si](c1ccccc1)(c1ccccc1)C(C)(C)C. The van der Waals surface area contributed by atoms with E-state index in [1.165, 1.54) is 0 Å². The lowest BCUT2D eigenvalue weighted by Crippen LogP contribution is -2.67. The van der Waals surface area contributed by atoms with Gasteiger partial charge in [-0.2, -0.15) is 0 Å². The van der Waals surface area contributed by atoms with Gasteiger partial charge < -0.3 is 13.9 Å². The maximum Gasteiger partial charge on any atom is 0.338 e. The minimum Gasteiger partial charge on any atom is -0.460 e. The Hall–Kier alpha value is -4.26. The first kappa shape index (κ1) is 30.2. The van der Waals surface area contributed by atoms with E-state index < -0.39 is 26.5 Å². The molecule has 0 radical (unpaired) electrons. The van der Waals surface area contributed by atoms with Crippen molar-refractivity contribution in [3.8, 4) is 11.1 Å². The largest absolute Gasteiger partial charge is 0.460 e. The number of hydrogen-bond acceptors (Lipinski definition) is 5. The Morgan fingerprint density at radius 3 is 1.84 bits per heavy atom. The van der Waals surface area contributed by atoms with Crippen molar-refractivity contribution in [1.82, 2.24) is 0 Å². The van der Waals surface area contributed by atoms with Gasteiger partial charge in [0.1, 0.15) is 12.2 Å². The van der Waals surface area contributed by atoms with Gasteiger partial charge in [0.25, 0.3) is 14.8 Å². The lowest BCUT2D eigenvalue weighted by Gasteiger charge is -2.43. The summed E-state index contributed by atoms with van der Waals surface area (Å²) < 4.78 is 18.7. The number of esters is 1. The summed E-state index contributed by atoms with van der Waals surface area (Å²) in [6.45, 7) is 11.6. The smallest absolute Gasteiger partial charge is 0.338 e. The van der Waals surface area contributed by atoms with E-state index >= 15 is 0 Å². The summed E-state index contributed by atoms with van der Waals surface area (Å²) in [6, 6.07) is 38.2. The number of benzene rings is 4. The highest BCUT2D eigenvalue weighted by atomic mass is 28.4. The van der Waals surface area contributed by atoms with Crippen molar-refractivity contribution in [1.29, 1.82) is 0 Å². The summed E-state index contributed by atoms with van der Waals surface area (Å²) in [5, 5.41) is 2.09. The van der Waals surface area contributed by atoms with Crippen LogP contribution in [0.3, 0.4) is 0 Å². The van der Waals surface area contributed by atoms with Crippen LogP contribution in [0.15, 0.2) is 127 Å². The average molecular weight is 591 g/mol. The van der Waals surface area contributed by atoms with E-state index in [-0.39, 0.29) is 17.6 Å². The zero-order chi connectivity index (χ0) is 30.5. The monoisotopic (exact) mass is 590 g/mol. The maximum absolute atomic E-state index is 13.4. The second-order valence-electron chi connectivity index (χ2n) is 12.0. The van der Waals surface area contributed by atoms with Gasteiger partial charge >= 0.3 is 5.97 Å². The third kappa shape index (κ3) is 6.26. The fourth-order valence-electron chi connectivity index (χ4n) is 6.17. The molecule has 3 atom stereocenters. The molecule has 0 amide bonds. The molecule has 1 aliphatic rings. The van der Waals surface area contributed by atoms with Gasteiger partial charge in [0, 0.05) is 18.9 Å². The fraction of sp³-hybridized carbons (Fsp3) is 0.243. The van der Waals surface area contributed by atoms with Crippen molar-refractivity contribution >= 4 is 31.1 Å². The summed E-state index contributed by atoms with van der Waals surface area (Å²) >= 11 is 0. The van der Waals surface area contributed by atoms with Crippen LogP contribution < -0.4 is 10.4 Å². The molecule has 43 heavy (non-hydrogen) atoms. The molecule has 4 aromatic rings. The highest BCUT2D eigenvalue weighted by Crippen LogP contribution is 2.40. The molecule has 0 heterocycles. The van der Waals surface area contributed by atoms with Gasteiger partial charge in [-0.1, -0.05) is 130 Å². The molecule has 0 aromatic heterocycles. The van der Waals surface area contributed by atoms with Crippen LogP contribution in [0, 0.1) is 5.92 Å². The molecule has 0 saturated heterocycles. The van der Waals surface area contributed by atoms with Gasteiger partial charge in [-0.05, 0) is 44.2 Å². The minimum absolute atomic E-state index is 0.221. The van der Waals surface area contributed by atoms with Crippen LogP contribution in [0.4, 0.5) is 0 Å². The Morgan fingerprint density at radius 1 is 0.814 bits per heavy atom. The molecule has 220 valence electrons. The first-order valence-electron chi connectivity index (χ1n) is 14.6. The van der Waals surface area contributed by atoms with Crippen molar-refractivity contribution in [2.75, 3.05) is 6.61 Å². The number of rotatable bonds is 10. The van der Waals surface area contributed by atoms with Gasteiger partial charge in [-0.25, -0.2) is 4.79 Å². The van der Waals surface area contributed by atoms with Crippen LogP contribution in [0.1, 0.15) is 37.6 Å². The van der Waals surface area contributed by atoms with E-state index in [4.69, 9.17) is 13.9 Å². The zero-order valence-electron chi connectivity index (χ0n) is 24.9. The van der Waals surface area contributed by atoms with E-state index in [1.807, 2.05) is 78.9 Å². The van der Waals surface area contributed by atoms with Crippen LogP contribution in [0.25, 0.3) is 11.1 Å².